The maximum absolute atomic E-state index is 12.2. The van der Waals surface area contributed by atoms with Crippen molar-refractivity contribution in [3.05, 3.63) is 76.8 Å². The molecule has 4 rings (SSSR count). The summed E-state index contributed by atoms with van der Waals surface area (Å²) in [5.41, 5.74) is 3.15. The molecule has 1 amide bonds. The summed E-state index contributed by atoms with van der Waals surface area (Å²) < 4.78 is 6.34. The van der Waals surface area contributed by atoms with Gasteiger partial charge in [0.15, 0.2) is 10.7 Å². The molecule has 0 spiro atoms. The van der Waals surface area contributed by atoms with Crippen LogP contribution in [0.3, 0.4) is 0 Å². The summed E-state index contributed by atoms with van der Waals surface area (Å²) in [5, 5.41) is 15.4. The van der Waals surface area contributed by atoms with E-state index in [2.05, 4.69) is 31.5 Å². The lowest BCUT2D eigenvalue weighted by atomic mass is 10.2. The van der Waals surface area contributed by atoms with Crippen molar-refractivity contribution in [3.63, 3.8) is 0 Å². The molecular weight excluding hydrogens is 454 g/mol. The zero-order valence-electron chi connectivity index (χ0n) is 14.8. The van der Waals surface area contributed by atoms with Crippen molar-refractivity contribution in [2.45, 2.75) is 0 Å². The fourth-order valence-electron chi connectivity index (χ4n) is 2.70. The summed E-state index contributed by atoms with van der Waals surface area (Å²) in [6.45, 7) is 0. The first kappa shape index (κ1) is 19.1. The topological polar surface area (TPSA) is 87.4 Å². The molecule has 0 atom stereocenters. The maximum Gasteiger partial charge on any atom is 0.257 e. The summed E-state index contributed by atoms with van der Waals surface area (Å²) >= 11 is 8.51. The number of aromatic nitrogens is 1. The van der Waals surface area contributed by atoms with Crippen LogP contribution in [0.5, 0.6) is 5.75 Å². The lowest BCUT2D eigenvalue weighted by Gasteiger charge is -2.09. The van der Waals surface area contributed by atoms with Crippen molar-refractivity contribution in [2.24, 2.45) is 0 Å². The Balaban J connectivity index is 1.51. The third kappa shape index (κ3) is 4.28. The lowest BCUT2D eigenvalue weighted by Crippen LogP contribution is -2.34. The van der Waals surface area contributed by atoms with Crippen LogP contribution >= 0.6 is 28.1 Å². The van der Waals surface area contributed by atoms with Crippen LogP contribution < -0.4 is 10.6 Å². The van der Waals surface area contributed by atoms with Crippen molar-refractivity contribution in [3.8, 4) is 17.2 Å². The van der Waals surface area contributed by atoms with Gasteiger partial charge in [0, 0.05) is 16.8 Å². The van der Waals surface area contributed by atoms with E-state index in [0.717, 1.165) is 5.56 Å². The smallest absolute Gasteiger partial charge is 0.257 e. The number of nitrogens with zero attached hydrogens (tertiary/aromatic N) is 1. The number of hydrogen-bond donors (Lipinski definition) is 3. The molecule has 0 saturated heterocycles. The van der Waals surface area contributed by atoms with Crippen LogP contribution in [0, 0.1) is 0 Å². The van der Waals surface area contributed by atoms with Gasteiger partial charge in [0.2, 0.25) is 5.89 Å². The number of aromatic hydroxyl groups is 1. The molecule has 0 aliphatic heterocycles. The van der Waals surface area contributed by atoms with Gasteiger partial charge in [-0.1, -0.05) is 18.2 Å². The number of oxazole rings is 1. The number of phenolic OH excluding ortho intramolecular Hbond substituents is 1. The van der Waals surface area contributed by atoms with Crippen molar-refractivity contribution >= 4 is 56.0 Å². The minimum Gasteiger partial charge on any atom is -0.507 e. The summed E-state index contributed by atoms with van der Waals surface area (Å²) in [4.78, 5) is 16.7. The number of thiocarbonyl (C=S) groups is 1. The molecule has 144 valence electrons. The SMILES string of the molecule is O=C(NC(=S)Nc1ccc2oc(-c3ccc(O)c(Br)c3)nc2c1)c1ccccc1. The highest BCUT2D eigenvalue weighted by molar-refractivity contribution is 9.10. The van der Waals surface area contributed by atoms with Crippen molar-refractivity contribution < 1.29 is 14.3 Å². The zero-order chi connectivity index (χ0) is 20.4. The molecule has 3 N–H and O–H groups in total. The van der Waals surface area contributed by atoms with Gasteiger partial charge in [0.05, 0.1) is 4.47 Å². The number of benzene rings is 3. The van der Waals surface area contributed by atoms with Crippen molar-refractivity contribution in [1.82, 2.24) is 10.3 Å². The third-order valence-corrected chi connectivity index (χ3v) is 4.94. The summed E-state index contributed by atoms with van der Waals surface area (Å²) in [6, 6.07) is 19.2. The fraction of sp³-hybridized carbons (Fsp3) is 0. The number of halogens is 1. The monoisotopic (exact) mass is 467 g/mol. The van der Waals surface area contributed by atoms with E-state index < -0.39 is 0 Å². The quantitative estimate of drug-likeness (QED) is 0.363. The molecule has 1 heterocycles. The first-order valence-electron chi connectivity index (χ1n) is 8.56. The molecule has 0 fully saturated rings. The normalized spacial score (nSPS) is 10.7. The number of anilines is 1. The Hall–Kier alpha value is -3.23. The largest absolute Gasteiger partial charge is 0.507 e. The lowest BCUT2D eigenvalue weighted by molar-refractivity contribution is 0.0977. The molecule has 4 aromatic rings. The van der Waals surface area contributed by atoms with Crippen LogP contribution in [0.2, 0.25) is 0 Å². The van der Waals surface area contributed by atoms with Gasteiger partial charge in [-0.25, -0.2) is 4.98 Å². The summed E-state index contributed by atoms with van der Waals surface area (Å²) in [5.74, 6) is 0.283. The fourth-order valence-corrected chi connectivity index (χ4v) is 3.29. The van der Waals surface area contributed by atoms with E-state index in [-0.39, 0.29) is 16.8 Å². The predicted octanol–water partition coefficient (Wildman–Crippen LogP) is 5.09. The predicted molar refractivity (Wildman–Crippen MR) is 119 cm³/mol. The van der Waals surface area contributed by atoms with Crippen molar-refractivity contribution in [2.75, 3.05) is 5.32 Å². The Morgan fingerprint density at radius 1 is 1.07 bits per heavy atom. The molecular formula is C21H14BrN3O3S. The number of rotatable bonds is 3. The van der Waals surface area contributed by atoms with Crippen LogP contribution in [0.25, 0.3) is 22.6 Å². The van der Waals surface area contributed by atoms with E-state index in [0.29, 0.717) is 32.7 Å². The minimum absolute atomic E-state index is 0.141. The molecule has 29 heavy (non-hydrogen) atoms. The van der Waals surface area contributed by atoms with E-state index in [1.54, 1.807) is 60.7 Å². The highest BCUT2D eigenvalue weighted by Crippen LogP contribution is 2.31. The molecule has 0 aliphatic rings. The Bertz CT molecular complexity index is 1220. The van der Waals surface area contributed by atoms with E-state index in [4.69, 9.17) is 16.6 Å². The number of carbonyl (C=O) groups excluding carboxylic acids is 1. The van der Waals surface area contributed by atoms with Gasteiger partial charge < -0.3 is 14.8 Å². The van der Waals surface area contributed by atoms with E-state index in [1.807, 2.05) is 6.07 Å². The Labute approximate surface area is 179 Å². The van der Waals surface area contributed by atoms with Gasteiger partial charge in [-0.3, -0.25) is 10.1 Å². The van der Waals surface area contributed by atoms with E-state index in [9.17, 15) is 9.90 Å². The average Bonchev–Trinajstić information content (AvgIpc) is 3.14. The maximum atomic E-state index is 12.2. The number of amides is 1. The van der Waals surface area contributed by atoms with Crippen LogP contribution in [-0.4, -0.2) is 21.1 Å². The molecule has 0 saturated carbocycles. The average molecular weight is 468 g/mol. The van der Waals surface area contributed by atoms with Crippen LogP contribution in [0.15, 0.2) is 75.6 Å². The second-order valence-corrected chi connectivity index (χ2v) is 7.40. The van der Waals surface area contributed by atoms with E-state index in [1.165, 1.54) is 0 Å². The molecule has 0 unspecified atom stereocenters. The molecule has 6 nitrogen and oxygen atoms in total. The van der Waals surface area contributed by atoms with Gasteiger partial charge in [-0.15, -0.1) is 0 Å². The number of hydrogen-bond acceptors (Lipinski definition) is 5. The standard InChI is InChI=1S/C21H14BrN3O3S/c22-15-10-13(6-8-17(15)26)20-24-16-11-14(7-9-18(16)28-20)23-21(29)25-19(27)12-4-2-1-3-5-12/h1-11,26H,(H2,23,25,27,29). The number of fused-ring (bicyclic) bond motifs is 1. The summed E-state index contributed by atoms with van der Waals surface area (Å²) in [7, 11) is 0. The molecule has 1 aromatic heterocycles. The minimum atomic E-state index is -0.286. The first-order valence-corrected chi connectivity index (χ1v) is 9.76. The van der Waals surface area contributed by atoms with Crippen LogP contribution in [-0.2, 0) is 0 Å². The number of phenols is 1. The third-order valence-electron chi connectivity index (χ3n) is 4.10. The summed E-state index contributed by atoms with van der Waals surface area (Å²) in [6.07, 6.45) is 0. The Morgan fingerprint density at radius 2 is 1.86 bits per heavy atom. The van der Waals surface area contributed by atoms with Gasteiger partial charge in [-0.2, -0.15) is 0 Å². The van der Waals surface area contributed by atoms with Crippen LogP contribution in [0.1, 0.15) is 10.4 Å². The van der Waals surface area contributed by atoms with E-state index >= 15 is 0 Å². The van der Waals surface area contributed by atoms with Gasteiger partial charge in [0.1, 0.15) is 11.3 Å². The van der Waals surface area contributed by atoms with Gasteiger partial charge >= 0.3 is 0 Å². The van der Waals surface area contributed by atoms with Gasteiger partial charge in [-0.05, 0) is 76.7 Å². The molecule has 8 heteroatoms. The number of nitrogens with one attached hydrogen (secondary N) is 2. The Morgan fingerprint density at radius 3 is 2.62 bits per heavy atom. The zero-order valence-corrected chi connectivity index (χ0v) is 17.3. The number of carbonyl (C=O) groups is 1. The van der Waals surface area contributed by atoms with Crippen molar-refractivity contribution in [1.29, 1.82) is 0 Å². The molecule has 0 aliphatic carbocycles. The second kappa shape index (κ2) is 8.02. The molecule has 0 bridgehead atoms. The second-order valence-electron chi connectivity index (χ2n) is 6.14. The molecule has 0 radical (unpaired) electrons. The van der Waals surface area contributed by atoms with Crippen LogP contribution in [0.4, 0.5) is 5.69 Å². The molecule has 3 aromatic carbocycles. The Kier molecular flexibility index (Phi) is 5.28. The highest BCUT2D eigenvalue weighted by atomic mass is 79.9. The first-order chi connectivity index (χ1) is 14.0. The van der Waals surface area contributed by atoms with Gasteiger partial charge in [0.25, 0.3) is 5.91 Å². The highest BCUT2D eigenvalue weighted by Gasteiger charge is 2.12.